The van der Waals surface area contributed by atoms with Crippen molar-refractivity contribution in [2.45, 2.75) is 19.3 Å². The molecule has 5 nitrogen and oxygen atoms in total. The zero-order valence-electron chi connectivity index (χ0n) is 11.9. The number of nitrogens with one attached hydrogen (secondary N) is 1. The van der Waals surface area contributed by atoms with Gasteiger partial charge < -0.3 is 10.4 Å². The lowest BCUT2D eigenvalue weighted by Gasteiger charge is -2.09. The highest BCUT2D eigenvalue weighted by Gasteiger charge is 2.50. The van der Waals surface area contributed by atoms with Crippen LogP contribution in [0.5, 0.6) is 0 Å². The lowest BCUT2D eigenvalue weighted by atomic mass is 10.1. The topological polar surface area (TPSA) is 79.3 Å². The Hall–Kier alpha value is -2.21. The second-order valence-corrected chi connectivity index (χ2v) is 6.50. The number of nitrogens with zero attached hydrogens (tertiary/aromatic N) is 1. The second-order valence-electron chi connectivity index (χ2n) is 5.56. The van der Waals surface area contributed by atoms with E-state index in [9.17, 15) is 9.59 Å². The van der Waals surface area contributed by atoms with Crippen LogP contribution in [0.2, 0.25) is 0 Å². The van der Waals surface area contributed by atoms with Crippen LogP contribution in [0.25, 0.3) is 0 Å². The van der Waals surface area contributed by atoms with Gasteiger partial charge in [0.2, 0.25) is 0 Å². The summed E-state index contributed by atoms with van der Waals surface area (Å²) in [5.41, 5.74) is 0.752. The van der Waals surface area contributed by atoms with Gasteiger partial charge in [0.25, 0.3) is 5.91 Å². The molecule has 0 spiro atoms. The molecular weight excluding hydrogens is 300 g/mol. The van der Waals surface area contributed by atoms with Crippen LogP contribution >= 0.6 is 11.3 Å². The predicted molar refractivity (Wildman–Crippen MR) is 83.0 cm³/mol. The van der Waals surface area contributed by atoms with Crippen molar-refractivity contribution in [1.29, 1.82) is 0 Å². The van der Waals surface area contributed by atoms with E-state index >= 15 is 0 Å². The lowest BCUT2D eigenvalue weighted by Crippen LogP contribution is -2.34. The number of amides is 1. The third-order valence-electron chi connectivity index (χ3n) is 3.88. The van der Waals surface area contributed by atoms with Gasteiger partial charge in [0.1, 0.15) is 5.69 Å². The summed E-state index contributed by atoms with van der Waals surface area (Å²) in [6, 6.07) is 9.94. The molecule has 2 aromatic rings. The van der Waals surface area contributed by atoms with E-state index in [0.29, 0.717) is 25.0 Å². The van der Waals surface area contributed by atoms with E-state index in [-0.39, 0.29) is 12.5 Å². The molecule has 1 amide bonds. The molecule has 22 heavy (non-hydrogen) atoms. The van der Waals surface area contributed by atoms with Crippen LogP contribution in [0.3, 0.4) is 0 Å². The van der Waals surface area contributed by atoms with Crippen LogP contribution in [-0.4, -0.2) is 28.5 Å². The maximum atomic E-state index is 12.0. The average molecular weight is 316 g/mol. The summed E-state index contributed by atoms with van der Waals surface area (Å²) in [6.07, 6.45) is 1.94. The number of rotatable bonds is 6. The summed E-state index contributed by atoms with van der Waals surface area (Å²) in [5, 5.41) is 14.4. The highest BCUT2D eigenvalue weighted by molar-refractivity contribution is 7.09. The van der Waals surface area contributed by atoms with Crippen molar-refractivity contribution in [2.75, 3.05) is 6.54 Å². The molecule has 1 fully saturated rings. The molecule has 0 radical (unpaired) electrons. The maximum Gasteiger partial charge on any atom is 0.311 e. The number of aliphatic carboxylic acids is 1. The van der Waals surface area contributed by atoms with Crippen molar-refractivity contribution in [3.05, 3.63) is 52.0 Å². The Bertz CT molecular complexity index is 692. The van der Waals surface area contributed by atoms with Crippen LogP contribution in [-0.2, 0) is 11.2 Å². The van der Waals surface area contributed by atoms with Gasteiger partial charge in [-0.2, -0.15) is 0 Å². The van der Waals surface area contributed by atoms with Gasteiger partial charge in [-0.15, -0.1) is 11.3 Å². The molecule has 0 aliphatic heterocycles. The summed E-state index contributed by atoms with van der Waals surface area (Å²) in [5.74, 6) is -1.14. The Balaban J connectivity index is 1.59. The number of carbonyl (C=O) groups excluding carboxylic acids is 1. The van der Waals surface area contributed by atoms with E-state index in [1.807, 2.05) is 30.3 Å². The van der Waals surface area contributed by atoms with E-state index in [1.54, 1.807) is 5.38 Å². The Kier molecular flexibility index (Phi) is 3.94. The van der Waals surface area contributed by atoms with Crippen LogP contribution < -0.4 is 5.32 Å². The SMILES string of the molecule is O=C(NCC1(C(=O)O)CC1)c1csc(Cc2ccccc2)n1. The molecule has 0 unspecified atom stereocenters. The minimum absolute atomic E-state index is 0.173. The van der Waals surface area contributed by atoms with E-state index in [4.69, 9.17) is 5.11 Å². The summed E-state index contributed by atoms with van der Waals surface area (Å²) in [6.45, 7) is 0.173. The van der Waals surface area contributed by atoms with Crippen LogP contribution in [0.15, 0.2) is 35.7 Å². The zero-order valence-corrected chi connectivity index (χ0v) is 12.7. The first kappa shape index (κ1) is 14.7. The molecule has 1 saturated carbocycles. The number of benzene rings is 1. The van der Waals surface area contributed by atoms with E-state index in [0.717, 1.165) is 10.6 Å². The monoisotopic (exact) mass is 316 g/mol. The first-order chi connectivity index (χ1) is 10.6. The molecule has 1 aliphatic carbocycles. The number of carboxylic acid groups (broad SMARTS) is 1. The van der Waals surface area contributed by atoms with Gasteiger partial charge in [-0.25, -0.2) is 4.98 Å². The van der Waals surface area contributed by atoms with Crippen molar-refractivity contribution in [2.24, 2.45) is 5.41 Å². The fourth-order valence-electron chi connectivity index (χ4n) is 2.22. The van der Waals surface area contributed by atoms with Gasteiger partial charge >= 0.3 is 5.97 Å². The summed E-state index contributed by atoms with van der Waals surface area (Å²) < 4.78 is 0. The maximum absolute atomic E-state index is 12.0. The summed E-state index contributed by atoms with van der Waals surface area (Å²) in [7, 11) is 0. The largest absolute Gasteiger partial charge is 0.481 e. The summed E-state index contributed by atoms with van der Waals surface area (Å²) in [4.78, 5) is 27.5. The molecular formula is C16H16N2O3S. The fourth-order valence-corrected chi connectivity index (χ4v) is 3.03. The number of thiazole rings is 1. The molecule has 0 atom stereocenters. The number of aromatic nitrogens is 1. The number of carbonyl (C=O) groups is 2. The zero-order chi connectivity index (χ0) is 15.6. The van der Waals surface area contributed by atoms with Gasteiger partial charge in [0.05, 0.1) is 10.4 Å². The van der Waals surface area contributed by atoms with Gasteiger partial charge in [0, 0.05) is 18.3 Å². The second kappa shape index (κ2) is 5.88. The first-order valence-corrected chi connectivity index (χ1v) is 7.97. The first-order valence-electron chi connectivity index (χ1n) is 7.09. The summed E-state index contributed by atoms with van der Waals surface area (Å²) >= 11 is 1.44. The van der Waals surface area contributed by atoms with Gasteiger partial charge in [0.15, 0.2) is 0 Å². The molecule has 1 aliphatic rings. The molecule has 0 saturated heterocycles. The Labute approximate surface area is 132 Å². The van der Waals surface area contributed by atoms with Crippen molar-refractivity contribution in [1.82, 2.24) is 10.3 Å². The third-order valence-corrected chi connectivity index (χ3v) is 4.73. The standard InChI is InChI=1S/C16H16N2O3S/c19-14(17-10-16(6-7-16)15(20)21)12-9-22-13(18-12)8-11-4-2-1-3-5-11/h1-5,9H,6-8,10H2,(H,17,19)(H,20,21). The van der Waals surface area contributed by atoms with Gasteiger partial charge in [-0.05, 0) is 18.4 Å². The Morgan fingerprint density at radius 2 is 2.00 bits per heavy atom. The van der Waals surface area contributed by atoms with E-state index < -0.39 is 11.4 Å². The van der Waals surface area contributed by atoms with E-state index in [1.165, 1.54) is 11.3 Å². The minimum atomic E-state index is -0.837. The fraction of sp³-hybridized carbons (Fsp3) is 0.312. The van der Waals surface area contributed by atoms with Crippen molar-refractivity contribution in [3.63, 3.8) is 0 Å². The smallest absolute Gasteiger partial charge is 0.311 e. The van der Waals surface area contributed by atoms with Crippen LogP contribution in [0.4, 0.5) is 0 Å². The van der Waals surface area contributed by atoms with Crippen molar-refractivity contribution >= 4 is 23.2 Å². The molecule has 6 heteroatoms. The lowest BCUT2D eigenvalue weighted by molar-refractivity contribution is -0.143. The normalized spacial score (nSPS) is 15.3. The van der Waals surface area contributed by atoms with Crippen LogP contribution in [0.1, 0.15) is 33.9 Å². The third kappa shape index (κ3) is 3.17. The number of carboxylic acids is 1. The highest BCUT2D eigenvalue weighted by Crippen LogP contribution is 2.45. The van der Waals surface area contributed by atoms with E-state index in [2.05, 4.69) is 10.3 Å². The Morgan fingerprint density at radius 3 is 2.64 bits per heavy atom. The number of hydrogen-bond donors (Lipinski definition) is 2. The number of hydrogen-bond acceptors (Lipinski definition) is 4. The quantitative estimate of drug-likeness (QED) is 0.857. The molecule has 0 bridgehead atoms. The molecule has 3 rings (SSSR count). The van der Waals surface area contributed by atoms with Gasteiger partial charge in [-0.3, -0.25) is 9.59 Å². The van der Waals surface area contributed by atoms with Crippen molar-refractivity contribution < 1.29 is 14.7 Å². The molecule has 1 aromatic heterocycles. The molecule has 2 N–H and O–H groups in total. The van der Waals surface area contributed by atoms with Crippen molar-refractivity contribution in [3.8, 4) is 0 Å². The van der Waals surface area contributed by atoms with Crippen LogP contribution in [0, 0.1) is 5.41 Å². The predicted octanol–water partition coefficient (Wildman–Crippen LogP) is 2.33. The Morgan fingerprint density at radius 1 is 1.27 bits per heavy atom. The minimum Gasteiger partial charge on any atom is -0.481 e. The molecule has 1 heterocycles. The average Bonchev–Trinajstić information content (AvgIpc) is 3.18. The highest BCUT2D eigenvalue weighted by atomic mass is 32.1. The molecule has 114 valence electrons. The van der Waals surface area contributed by atoms with Gasteiger partial charge in [-0.1, -0.05) is 30.3 Å². The molecule has 1 aromatic carbocycles.